The van der Waals surface area contributed by atoms with Crippen LogP contribution in [0.15, 0.2) is 65.6 Å². The third-order valence-electron chi connectivity index (χ3n) is 4.32. The van der Waals surface area contributed by atoms with E-state index >= 15 is 0 Å². The van der Waals surface area contributed by atoms with E-state index in [2.05, 4.69) is 10.6 Å². The zero-order chi connectivity index (χ0) is 23.1. The van der Waals surface area contributed by atoms with Gasteiger partial charge in [0.15, 0.2) is 0 Å². The Kier molecular flexibility index (Phi) is 7.97. The van der Waals surface area contributed by atoms with Gasteiger partial charge in [-0.15, -0.1) is 11.8 Å². The van der Waals surface area contributed by atoms with Gasteiger partial charge in [0.1, 0.15) is 17.3 Å². The van der Waals surface area contributed by atoms with Crippen LogP contribution in [0.3, 0.4) is 0 Å². The third kappa shape index (κ3) is 6.15. The average Bonchev–Trinajstić information content (AvgIpc) is 2.78. The lowest BCUT2D eigenvalue weighted by Gasteiger charge is -2.13. The molecule has 6 nitrogen and oxygen atoms in total. The van der Waals surface area contributed by atoms with E-state index in [-0.39, 0.29) is 17.6 Å². The molecule has 2 N–H and O–H groups in total. The van der Waals surface area contributed by atoms with Crippen molar-refractivity contribution in [3.05, 3.63) is 77.1 Å². The van der Waals surface area contributed by atoms with Crippen LogP contribution in [-0.2, 0) is 4.79 Å². The van der Waals surface area contributed by atoms with Crippen molar-refractivity contribution in [1.29, 1.82) is 0 Å². The highest BCUT2D eigenvalue weighted by atomic mass is 35.5. The highest BCUT2D eigenvalue weighted by Crippen LogP contribution is 2.36. The van der Waals surface area contributed by atoms with Gasteiger partial charge in [0.05, 0.1) is 30.7 Å². The Balaban J connectivity index is 1.60. The molecule has 0 radical (unpaired) electrons. The van der Waals surface area contributed by atoms with Crippen molar-refractivity contribution in [1.82, 2.24) is 0 Å². The fourth-order valence-electron chi connectivity index (χ4n) is 2.76. The molecule has 0 aliphatic carbocycles. The van der Waals surface area contributed by atoms with Crippen LogP contribution in [0.5, 0.6) is 11.5 Å². The Morgan fingerprint density at radius 1 is 0.969 bits per heavy atom. The maximum absolute atomic E-state index is 13.0. The molecule has 0 heterocycles. The summed E-state index contributed by atoms with van der Waals surface area (Å²) in [6.45, 7) is 0. The van der Waals surface area contributed by atoms with Crippen molar-refractivity contribution in [2.24, 2.45) is 0 Å². The summed E-state index contributed by atoms with van der Waals surface area (Å²) in [5.74, 6) is -0.0239. The second-order valence-electron chi connectivity index (χ2n) is 6.51. The predicted molar refractivity (Wildman–Crippen MR) is 125 cm³/mol. The van der Waals surface area contributed by atoms with Gasteiger partial charge in [-0.3, -0.25) is 9.59 Å². The lowest BCUT2D eigenvalue weighted by molar-refractivity contribution is -0.113. The van der Waals surface area contributed by atoms with E-state index in [4.69, 9.17) is 21.1 Å². The summed E-state index contributed by atoms with van der Waals surface area (Å²) in [4.78, 5) is 25.5. The van der Waals surface area contributed by atoms with Gasteiger partial charge in [-0.1, -0.05) is 17.7 Å². The largest absolute Gasteiger partial charge is 0.495 e. The van der Waals surface area contributed by atoms with Crippen molar-refractivity contribution in [3.8, 4) is 11.5 Å². The first-order valence-corrected chi connectivity index (χ1v) is 10.8. The highest BCUT2D eigenvalue weighted by molar-refractivity contribution is 8.00. The monoisotopic (exact) mass is 474 g/mol. The SMILES string of the molecule is COc1cc(OC)c(NC(=O)CSc2cccc(NC(=O)c3ccc(F)cc3)c2)cc1Cl. The Morgan fingerprint density at radius 2 is 1.69 bits per heavy atom. The Morgan fingerprint density at radius 3 is 2.38 bits per heavy atom. The second kappa shape index (κ2) is 10.9. The number of rotatable bonds is 8. The Hall–Kier alpha value is -3.23. The minimum absolute atomic E-state index is 0.127. The van der Waals surface area contributed by atoms with E-state index in [1.165, 1.54) is 50.2 Å². The van der Waals surface area contributed by atoms with E-state index in [0.29, 0.717) is 33.5 Å². The van der Waals surface area contributed by atoms with E-state index < -0.39 is 5.82 Å². The Labute approximate surface area is 194 Å². The summed E-state index contributed by atoms with van der Waals surface area (Å²) in [5, 5.41) is 5.88. The van der Waals surface area contributed by atoms with Crippen molar-refractivity contribution < 1.29 is 23.5 Å². The molecule has 0 aliphatic heterocycles. The maximum Gasteiger partial charge on any atom is 0.255 e. The van der Waals surface area contributed by atoms with Crippen molar-refractivity contribution >= 4 is 46.6 Å². The van der Waals surface area contributed by atoms with Crippen molar-refractivity contribution in [2.45, 2.75) is 4.90 Å². The summed E-state index contributed by atoms with van der Waals surface area (Å²) < 4.78 is 23.5. The lowest BCUT2D eigenvalue weighted by Crippen LogP contribution is -2.15. The smallest absolute Gasteiger partial charge is 0.255 e. The first-order chi connectivity index (χ1) is 15.4. The molecule has 0 unspecified atom stereocenters. The number of thioether (sulfide) groups is 1. The number of benzene rings is 3. The number of halogens is 2. The van der Waals surface area contributed by atoms with Gasteiger partial charge in [0.25, 0.3) is 5.91 Å². The lowest BCUT2D eigenvalue weighted by atomic mass is 10.2. The topological polar surface area (TPSA) is 76.7 Å². The molecular weight excluding hydrogens is 455 g/mol. The molecule has 32 heavy (non-hydrogen) atoms. The predicted octanol–water partition coefficient (Wildman–Crippen LogP) is 5.48. The summed E-state index contributed by atoms with van der Waals surface area (Å²) >= 11 is 7.44. The van der Waals surface area contributed by atoms with Crippen LogP contribution in [0.4, 0.5) is 15.8 Å². The number of amides is 2. The first-order valence-electron chi connectivity index (χ1n) is 9.40. The van der Waals surface area contributed by atoms with Crippen LogP contribution >= 0.6 is 23.4 Å². The minimum atomic E-state index is -0.409. The fourth-order valence-corrected chi connectivity index (χ4v) is 3.76. The van der Waals surface area contributed by atoms with Crippen molar-refractivity contribution in [2.75, 3.05) is 30.6 Å². The molecule has 2 amide bonds. The number of ether oxygens (including phenoxy) is 2. The number of anilines is 2. The minimum Gasteiger partial charge on any atom is -0.495 e. The van der Waals surface area contributed by atoms with E-state index in [1.54, 1.807) is 30.3 Å². The number of hydrogen-bond acceptors (Lipinski definition) is 5. The fraction of sp³-hybridized carbons (Fsp3) is 0.130. The molecule has 0 bridgehead atoms. The highest BCUT2D eigenvalue weighted by Gasteiger charge is 2.13. The normalized spacial score (nSPS) is 10.4. The van der Waals surface area contributed by atoms with Gasteiger partial charge in [0.2, 0.25) is 5.91 Å². The number of hydrogen-bond donors (Lipinski definition) is 2. The van der Waals surface area contributed by atoms with E-state index in [9.17, 15) is 14.0 Å². The van der Waals surface area contributed by atoms with E-state index in [0.717, 1.165) is 4.90 Å². The summed E-state index contributed by atoms with van der Waals surface area (Å²) in [6, 6.07) is 15.5. The van der Waals surface area contributed by atoms with Crippen LogP contribution < -0.4 is 20.1 Å². The molecule has 0 aliphatic rings. The molecule has 0 fully saturated rings. The number of nitrogens with one attached hydrogen (secondary N) is 2. The van der Waals surface area contributed by atoms with Gasteiger partial charge in [0, 0.05) is 22.2 Å². The average molecular weight is 475 g/mol. The zero-order valence-electron chi connectivity index (χ0n) is 17.3. The van der Waals surface area contributed by atoms with E-state index in [1.807, 2.05) is 6.07 Å². The number of carbonyl (C=O) groups is 2. The van der Waals surface area contributed by atoms with Crippen LogP contribution in [0, 0.1) is 5.82 Å². The molecule has 3 rings (SSSR count). The van der Waals surface area contributed by atoms with Gasteiger partial charge in [-0.2, -0.15) is 0 Å². The third-order valence-corrected chi connectivity index (χ3v) is 5.61. The van der Waals surface area contributed by atoms with Gasteiger partial charge < -0.3 is 20.1 Å². The van der Waals surface area contributed by atoms with Crippen molar-refractivity contribution in [3.63, 3.8) is 0 Å². The molecule has 0 saturated carbocycles. The maximum atomic E-state index is 13.0. The summed E-state index contributed by atoms with van der Waals surface area (Å²) in [5.41, 5.74) is 1.34. The second-order valence-corrected chi connectivity index (χ2v) is 7.97. The molecule has 3 aromatic rings. The molecule has 3 aromatic carbocycles. The molecule has 0 atom stereocenters. The Bertz CT molecular complexity index is 1130. The van der Waals surface area contributed by atoms with Gasteiger partial charge >= 0.3 is 0 Å². The first kappa shape index (κ1) is 23.4. The molecule has 9 heteroatoms. The van der Waals surface area contributed by atoms with Crippen LogP contribution in [-0.4, -0.2) is 31.8 Å². The molecule has 0 saturated heterocycles. The molecule has 0 aromatic heterocycles. The molecular formula is C23H20ClFN2O4S. The summed E-state index contributed by atoms with van der Waals surface area (Å²) in [7, 11) is 2.98. The number of methoxy groups -OCH3 is 2. The standard InChI is InChI=1S/C23H20ClFN2O4S/c1-30-20-12-21(31-2)19(11-18(20)24)27-22(28)13-32-17-5-3-4-16(10-17)26-23(29)14-6-8-15(25)9-7-14/h3-12H,13H2,1-2H3,(H,26,29)(H,27,28). The zero-order valence-corrected chi connectivity index (χ0v) is 18.9. The molecule has 0 spiro atoms. The van der Waals surface area contributed by atoms with Gasteiger partial charge in [-0.25, -0.2) is 4.39 Å². The number of carbonyl (C=O) groups excluding carboxylic acids is 2. The molecule has 166 valence electrons. The van der Waals surface area contributed by atoms with Crippen LogP contribution in [0.1, 0.15) is 10.4 Å². The van der Waals surface area contributed by atoms with Crippen LogP contribution in [0.2, 0.25) is 5.02 Å². The quantitative estimate of drug-likeness (QED) is 0.423. The summed E-state index contributed by atoms with van der Waals surface area (Å²) in [6.07, 6.45) is 0. The van der Waals surface area contributed by atoms with Crippen LogP contribution in [0.25, 0.3) is 0 Å². The van der Waals surface area contributed by atoms with Gasteiger partial charge in [-0.05, 0) is 48.5 Å².